The number of nitrogens with two attached hydrogens (primary N) is 1. The molecule has 1 aromatic carbocycles. The lowest BCUT2D eigenvalue weighted by Crippen LogP contribution is -2.36. The summed E-state index contributed by atoms with van der Waals surface area (Å²) in [5, 5.41) is 7.89. The van der Waals surface area contributed by atoms with Crippen molar-refractivity contribution >= 4 is 17.4 Å². The third-order valence-electron chi connectivity index (χ3n) is 3.71. The normalized spacial score (nSPS) is 17.7. The number of H-pyrrole nitrogens is 1. The Morgan fingerprint density at radius 3 is 2.59 bits per heavy atom. The first-order chi connectivity index (χ1) is 8.22. The highest BCUT2D eigenvalue weighted by molar-refractivity contribution is 6.31. The smallest absolute Gasteiger partial charge is 0.145 e. The van der Waals surface area contributed by atoms with Crippen LogP contribution in [0.25, 0.3) is 0 Å². The summed E-state index contributed by atoms with van der Waals surface area (Å²) in [6, 6.07) is 9.94. The van der Waals surface area contributed by atoms with Crippen LogP contribution in [0.5, 0.6) is 0 Å². The van der Waals surface area contributed by atoms with Gasteiger partial charge >= 0.3 is 0 Å². The topological polar surface area (TPSA) is 54.7 Å². The zero-order chi connectivity index (χ0) is 11.9. The molecule has 1 aliphatic carbocycles. The number of benzene rings is 1. The molecule has 3 rings (SSSR count). The average Bonchev–Trinajstić information content (AvgIpc) is 2.67. The second-order valence-corrected chi connectivity index (χ2v) is 5.03. The summed E-state index contributed by atoms with van der Waals surface area (Å²) in [5.41, 5.74) is 7.94. The maximum atomic E-state index is 6.31. The summed E-state index contributed by atoms with van der Waals surface area (Å²) in [7, 11) is 0. The molecule has 1 aliphatic rings. The zero-order valence-electron chi connectivity index (χ0n) is 9.41. The van der Waals surface area contributed by atoms with Crippen LogP contribution in [0.4, 0.5) is 5.82 Å². The highest BCUT2D eigenvalue weighted by Gasteiger charge is 2.42. The van der Waals surface area contributed by atoms with Gasteiger partial charge in [0, 0.05) is 22.2 Å². The van der Waals surface area contributed by atoms with Crippen LogP contribution in [-0.2, 0) is 5.41 Å². The Labute approximate surface area is 105 Å². The molecule has 1 heterocycles. The van der Waals surface area contributed by atoms with Crippen LogP contribution >= 0.6 is 11.6 Å². The number of hydrogen-bond acceptors (Lipinski definition) is 2. The number of rotatable bonds is 2. The van der Waals surface area contributed by atoms with Crippen LogP contribution in [0.3, 0.4) is 0 Å². The van der Waals surface area contributed by atoms with Gasteiger partial charge in [0.2, 0.25) is 0 Å². The third-order valence-corrected chi connectivity index (χ3v) is 4.04. The van der Waals surface area contributed by atoms with Crippen molar-refractivity contribution in [2.45, 2.75) is 24.7 Å². The molecule has 1 fully saturated rings. The van der Waals surface area contributed by atoms with Crippen molar-refractivity contribution in [2.75, 3.05) is 5.73 Å². The van der Waals surface area contributed by atoms with Crippen molar-refractivity contribution < 1.29 is 0 Å². The van der Waals surface area contributed by atoms with E-state index in [2.05, 4.69) is 16.3 Å². The molecule has 3 N–H and O–H groups in total. The van der Waals surface area contributed by atoms with Crippen molar-refractivity contribution in [2.24, 2.45) is 0 Å². The van der Waals surface area contributed by atoms with Crippen LogP contribution in [0.2, 0.25) is 5.02 Å². The van der Waals surface area contributed by atoms with E-state index < -0.39 is 0 Å². The Hall–Kier alpha value is -1.48. The number of halogens is 1. The quantitative estimate of drug-likeness (QED) is 0.857. The second kappa shape index (κ2) is 3.77. The summed E-state index contributed by atoms with van der Waals surface area (Å²) in [5.74, 6) is 0.540. The molecular formula is C13H14ClN3. The first-order valence-electron chi connectivity index (χ1n) is 5.79. The number of nitrogens with zero attached hydrogens (tertiary/aromatic N) is 1. The minimum Gasteiger partial charge on any atom is -0.382 e. The predicted octanol–water partition coefficient (Wildman–Crippen LogP) is 3.12. The van der Waals surface area contributed by atoms with Crippen molar-refractivity contribution in [1.29, 1.82) is 0 Å². The van der Waals surface area contributed by atoms with Crippen molar-refractivity contribution in [3.05, 3.63) is 46.6 Å². The minimum atomic E-state index is -0.0109. The van der Waals surface area contributed by atoms with E-state index >= 15 is 0 Å². The molecular weight excluding hydrogens is 234 g/mol. The summed E-state index contributed by atoms with van der Waals surface area (Å²) in [4.78, 5) is 0. The number of nitrogen functional groups attached to an aromatic ring is 1. The van der Waals surface area contributed by atoms with Gasteiger partial charge in [0.05, 0.1) is 0 Å². The number of anilines is 1. The molecule has 2 aromatic rings. The fourth-order valence-corrected chi connectivity index (χ4v) is 2.96. The summed E-state index contributed by atoms with van der Waals surface area (Å²) < 4.78 is 0. The zero-order valence-corrected chi connectivity index (χ0v) is 10.2. The van der Waals surface area contributed by atoms with Gasteiger partial charge in [0.1, 0.15) is 5.82 Å². The lowest BCUT2D eigenvalue weighted by Gasteiger charge is -2.42. The van der Waals surface area contributed by atoms with Crippen LogP contribution in [0, 0.1) is 0 Å². The van der Waals surface area contributed by atoms with E-state index in [9.17, 15) is 0 Å². The third kappa shape index (κ3) is 1.53. The van der Waals surface area contributed by atoms with Gasteiger partial charge in [-0.1, -0.05) is 36.2 Å². The largest absolute Gasteiger partial charge is 0.382 e. The van der Waals surface area contributed by atoms with E-state index in [0.717, 1.165) is 23.6 Å². The summed E-state index contributed by atoms with van der Waals surface area (Å²) >= 11 is 6.31. The highest BCUT2D eigenvalue weighted by Crippen LogP contribution is 2.50. The number of aromatic nitrogens is 2. The van der Waals surface area contributed by atoms with E-state index in [-0.39, 0.29) is 5.41 Å². The predicted molar refractivity (Wildman–Crippen MR) is 69.1 cm³/mol. The second-order valence-electron chi connectivity index (χ2n) is 4.62. The molecule has 1 aromatic heterocycles. The van der Waals surface area contributed by atoms with E-state index in [1.807, 2.05) is 24.3 Å². The Bertz CT molecular complexity index is 543. The molecule has 17 heavy (non-hydrogen) atoms. The highest BCUT2D eigenvalue weighted by atomic mass is 35.5. The molecule has 3 nitrogen and oxygen atoms in total. The molecule has 0 amide bonds. The lowest BCUT2D eigenvalue weighted by molar-refractivity contribution is 0.293. The molecule has 0 unspecified atom stereocenters. The van der Waals surface area contributed by atoms with Gasteiger partial charge in [-0.05, 0) is 24.5 Å². The van der Waals surface area contributed by atoms with E-state index in [0.29, 0.717) is 5.82 Å². The monoisotopic (exact) mass is 247 g/mol. The minimum absolute atomic E-state index is 0.0109. The Balaban J connectivity index is 2.12. The van der Waals surface area contributed by atoms with Crippen molar-refractivity contribution in [3.63, 3.8) is 0 Å². The molecule has 0 aliphatic heterocycles. The summed E-state index contributed by atoms with van der Waals surface area (Å²) in [6.07, 6.45) is 3.40. The van der Waals surface area contributed by atoms with Gasteiger partial charge < -0.3 is 5.73 Å². The molecule has 4 heteroatoms. The molecule has 0 saturated heterocycles. The molecule has 0 spiro atoms. The van der Waals surface area contributed by atoms with Gasteiger partial charge in [-0.2, -0.15) is 5.10 Å². The number of nitrogens with one attached hydrogen (secondary N) is 1. The van der Waals surface area contributed by atoms with Crippen LogP contribution in [0.1, 0.15) is 30.5 Å². The Morgan fingerprint density at radius 1 is 1.29 bits per heavy atom. The number of aromatic amines is 1. The van der Waals surface area contributed by atoms with Crippen molar-refractivity contribution in [3.8, 4) is 0 Å². The van der Waals surface area contributed by atoms with E-state index in [4.69, 9.17) is 17.3 Å². The number of hydrogen-bond donors (Lipinski definition) is 2. The molecule has 0 atom stereocenters. The first kappa shape index (κ1) is 10.7. The standard InChI is InChI=1S/C13H14ClN3/c14-10-5-2-1-4-9(10)13(6-3-7-13)11-8-12(15)17-16-11/h1-2,4-5,8H,3,6-7H2,(H3,15,16,17). The van der Waals surface area contributed by atoms with Gasteiger partial charge in [-0.3, -0.25) is 5.10 Å². The SMILES string of the molecule is Nc1cc(C2(c3ccccc3Cl)CCC2)[nH]n1. The van der Waals surface area contributed by atoms with Crippen molar-refractivity contribution in [1.82, 2.24) is 10.2 Å². The first-order valence-corrected chi connectivity index (χ1v) is 6.16. The molecule has 0 bridgehead atoms. The summed E-state index contributed by atoms with van der Waals surface area (Å²) in [6.45, 7) is 0. The van der Waals surface area contributed by atoms with E-state index in [1.54, 1.807) is 0 Å². The van der Waals surface area contributed by atoms with Gasteiger partial charge in [0.15, 0.2) is 0 Å². The van der Waals surface area contributed by atoms with Gasteiger partial charge in [-0.25, -0.2) is 0 Å². The average molecular weight is 248 g/mol. The van der Waals surface area contributed by atoms with Crippen LogP contribution in [0.15, 0.2) is 30.3 Å². The lowest BCUT2D eigenvalue weighted by atomic mass is 9.62. The maximum Gasteiger partial charge on any atom is 0.145 e. The fourth-order valence-electron chi connectivity index (χ4n) is 2.65. The van der Waals surface area contributed by atoms with Gasteiger partial charge in [0.25, 0.3) is 0 Å². The molecule has 1 saturated carbocycles. The molecule has 0 radical (unpaired) electrons. The maximum absolute atomic E-state index is 6.31. The van der Waals surface area contributed by atoms with E-state index in [1.165, 1.54) is 12.0 Å². The Kier molecular flexibility index (Phi) is 2.37. The van der Waals surface area contributed by atoms with Crippen LogP contribution < -0.4 is 5.73 Å². The van der Waals surface area contributed by atoms with Gasteiger partial charge in [-0.15, -0.1) is 0 Å². The Morgan fingerprint density at radius 2 is 2.06 bits per heavy atom. The fraction of sp³-hybridized carbons (Fsp3) is 0.308. The molecule has 88 valence electrons. The van der Waals surface area contributed by atoms with Crippen LogP contribution in [-0.4, -0.2) is 10.2 Å².